The van der Waals surface area contributed by atoms with Crippen molar-refractivity contribution in [2.75, 3.05) is 6.54 Å². The predicted octanol–water partition coefficient (Wildman–Crippen LogP) is 4.00. The third-order valence-corrected chi connectivity index (χ3v) is 3.70. The van der Waals surface area contributed by atoms with Gasteiger partial charge in [0.1, 0.15) is 18.7 Å². The lowest BCUT2D eigenvalue weighted by Crippen LogP contribution is -2.15. The molecule has 0 aliphatic rings. The van der Waals surface area contributed by atoms with E-state index in [-0.39, 0.29) is 12.4 Å². The van der Waals surface area contributed by atoms with Gasteiger partial charge in [0.15, 0.2) is 6.19 Å². The molecule has 4 nitrogen and oxygen atoms in total. The van der Waals surface area contributed by atoms with Gasteiger partial charge in [-0.1, -0.05) is 24.3 Å². The fourth-order valence-corrected chi connectivity index (χ4v) is 2.35. The number of nitrogens with zero attached hydrogens (tertiary/aromatic N) is 4. The molecule has 2 rings (SSSR count). The van der Waals surface area contributed by atoms with Crippen molar-refractivity contribution in [1.82, 2.24) is 4.90 Å². The Morgan fingerprint density at radius 2 is 1.88 bits per heavy atom. The van der Waals surface area contributed by atoms with Gasteiger partial charge < -0.3 is 0 Å². The Morgan fingerprint density at radius 1 is 1.12 bits per heavy atom. The third-order valence-electron chi connectivity index (χ3n) is 3.70. The molecule has 0 saturated carbocycles. The third kappa shape index (κ3) is 4.18. The van der Waals surface area contributed by atoms with Crippen LogP contribution in [0.15, 0.2) is 41.4 Å². The molecule has 0 aliphatic heterocycles. The average molecular weight is 320 g/mol. The first kappa shape index (κ1) is 17.2. The Balaban J connectivity index is 2.26. The van der Waals surface area contributed by atoms with Gasteiger partial charge in [-0.3, -0.25) is 4.90 Å². The summed E-state index contributed by atoms with van der Waals surface area (Å²) in [7, 11) is 0. The number of rotatable bonds is 5. The Kier molecular flexibility index (Phi) is 5.65. The molecule has 0 spiro atoms. The monoisotopic (exact) mass is 320 g/mol. The summed E-state index contributed by atoms with van der Waals surface area (Å²) in [6.07, 6.45) is 3.74. The minimum Gasteiger partial charge on any atom is -0.255 e. The van der Waals surface area contributed by atoms with Crippen LogP contribution >= 0.6 is 0 Å². The molecule has 5 heteroatoms. The number of nitriles is 2. The molecule has 0 bridgehead atoms. The van der Waals surface area contributed by atoms with E-state index in [0.717, 1.165) is 27.3 Å². The Hall–Kier alpha value is -3.18. The summed E-state index contributed by atoms with van der Waals surface area (Å²) in [6, 6.07) is 12.5. The van der Waals surface area contributed by atoms with Gasteiger partial charge in [0.2, 0.25) is 0 Å². The van der Waals surface area contributed by atoms with Gasteiger partial charge in [0.25, 0.3) is 0 Å². The zero-order valence-corrected chi connectivity index (χ0v) is 13.6. The second-order valence-electron chi connectivity index (χ2n) is 5.46. The van der Waals surface area contributed by atoms with Gasteiger partial charge in [0.05, 0.1) is 11.8 Å². The van der Waals surface area contributed by atoms with Gasteiger partial charge in [-0.05, 0) is 48.2 Å². The van der Waals surface area contributed by atoms with E-state index >= 15 is 0 Å². The molecule has 0 radical (unpaired) electrons. The van der Waals surface area contributed by atoms with Gasteiger partial charge in [-0.25, -0.2) is 9.38 Å². The van der Waals surface area contributed by atoms with Crippen LogP contribution in [0.3, 0.4) is 0 Å². The van der Waals surface area contributed by atoms with Crippen molar-refractivity contribution in [3.05, 3.63) is 64.5 Å². The SMILES string of the molecule is Cc1cc(N=CN(C#N)CC#N)c(C)cc1Cc1ccccc1F. The van der Waals surface area contributed by atoms with Crippen molar-refractivity contribution in [3.63, 3.8) is 0 Å². The molecule has 0 N–H and O–H groups in total. The molecule has 0 saturated heterocycles. The molecule has 0 fully saturated rings. The number of hydrogen-bond acceptors (Lipinski definition) is 3. The van der Waals surface area contributed by atoms with Crippen molar-refractivity contribution in [3.8, 4) is 12.3 Å². The van der Waals surface area contributed by atoms with E-state index < -0.39 is 0 Å². The maximum atomic E-state index is 13.8. The zero-order chi connectivity index (χ0) is 17.5. The van der Waals surface area contributed by atoms with E-state index in [1.165, 1.54) is 12.4 Å². The summed E-state index contributed by atoms with van der Waals surface area (Å²) in [5.74, 6) is -0.210. The van der Waals surface area contributed by atoms with E-state index in [4.69, 9.17) is 10.5 Å². The van der Waals surface area contributed by atoms with Crippen molar-refractivity contribution < 1.29 is 4.39 Å². The lowest BCUT2D eigenvalue weighted by Gasteiger charge is -2.11. The minimum atomic E-state index is -0.210. The van der Waals surface area contributed by atoms with Gasteiger partial charge >= 0.3 is 0 Å². The Morgan fingerprint density at radius 3 is 2.54 bits per heavy atom. The van der Waals surface area contributed by atoms with Crippen LogP contribution in [0.2, 0.25) is 0 Å². The fourth-order valence-electron chi connectivity index (χ4n) is 2.35. The second-order valence-corrected chi connectivity index (χ2v) is 5.46. The normalized spacial score (nSPS) is 10.4. The van der Waals surface area contributed by atoms with Gasteiger partial charge in [-0.15, -0.1) is 0 Å². The predicted molar refractivity (Wildman–Crippen MR) is 91.2 cm³/mol. The van der Waals surface area contributed by atoms with E-state index in [1.807, 2.05) is 44.3 Å². The second kappa shape index (κ2) is 7.89. The van der Waals surface area contributed by atoms with Crippen LogP contribution in [0.25, 0.3) is 0 Å². The first-order valence-corrected chi connectivity index (χ1v) is 7.46. The lowest BCUT2D eigenvalue weighted by atomic mass is 9.97. The summed E-state index contributed by atoms with van der Waals surface area (Å²) < 4.78 is 13.8. The number of aryl methyl sites for hydroxylation is 2. The first-order chi connectivity index (χ1) is 11.5. The lowest BCUT2D eigenvalue weighted by molar-refractivity contribution is 0.614. The summed E-state index contributed by atoms with van der Waals surface area (Å²) in [5.41, 5.74) is 4.34. The number of benzene rings is 2. The highest BCUT2D eigenvalue weighted by atomic mass is 19.1. The summed E-state index contributed by atoms with van der Waals surface area (Å²) in [4.78, 5) is 5.43. The number of halogens is 1. The average Bonchev–Trinajstić information content (AvgIpc) is 2.57. The van der Waals surface area contributed by atoms with Gasteiger partial charge in [-0.2, -0.15) is 10.5 Å². The Labute approximate surface area is 141 Å². The van der Waals surface area contributed by atoms with E-state index in [1.54, 1.807) is 12.1 Å². The minimum absolute atomic E-state index is 0.0383. The fraction of sp³-hybridized carbons (Fsp3) is 0.211. The zero-order valence-electron chi connectivity index (χ0n) is 13.6. The van der Waals surface area contributed by atoms with Crippen LogP contribution in [0.1, 0.15) is 22.3 Å². The molecule has 0 amide bonds. The molecule has 2 aromatic rings. The molecule has 0 heterocycles. The van der Waals surface area contributed by atoms with E-state index in [2.05, 4.69) is 4.99 Å². The van der Waals surface area contributed by atoms with Crippen LogP contribution in [0, 0.1) is 42.5 Å². The largest absolute Gasteiger partial charge is 0.255 e. The highest BCUT2D eigenvalue weighted by molar-refractivity contribution is 5.65. The van der Waals surface area contributed by atoms with Crippen LogP contribution in [-0.2, 0) is 6.42 Å². The molecular weight excluding hydrogens is 303 g/mol. The maximum Gasteiger partial charge on any atom is 0.186 e. The Bertz CT molecular complexity index is 843. The van der Waals surface area contributed by atoms with Crippen LogP contribution < -0.4 is 0 Å². The van der Waals surface area contributed by atoms with Crippen LogP contribution in [0.4, 0.5) is 10.1 Å². The molecule has 24 heavy (non-hydrogen) atoms. The summed E-state index contributed by atoms with van der Waals surface area (Å²) in [6.45, 7) is 3.83. The quantitative estimate of drug-likeness (QED) is 0.275. The standard InChI is InChI=1S/C19H17FN4/c1-14-10-19(23-13-24(12-22)8-7-21)15(2)9-17(14)11-16-5-3-4-6-18(16)20/h3-6,9-10,13H,8,11H2,1-2H3. The first-order valence-electron chi connectivity index (χ1n) is 7.46. The van der Waals surface area contributed by atoms with Crippen LogP contribution in [0.5, 0.6) is 0 Å². The topological polar surface area (TPSA) is 63.2 Å². The summed E-state index contributed by atoms with van der Waals surface area (Å²) in [5, 5.41) is 17.5. The van der Waals surface area contributed by atoms with E-state index in [9.17, 15) is 4.39 Å². The maximum absolute atomic E-state index is 13.8. The highest BCUT2D eigenvalue weighted by Crippen LogP contribution is 2.25. The number of hydrogen-bond donors (Lipinski definition) is 0. The molecule has 120 valence electrons. The number of aliphatic imine (C=N–C) groups is 1. The molecule has 0 aliphatic carbocycles. The van der Waals surface area contributed by atoms with Crippen molar-refractivity contribution >= 4 is 12.0 Å². The van der Waals surface area contributed by atoms with E-state index in [0.29, 0.717) is 12.0 Å². The molecule has 0 atom stereocenters. The molecule has 0 aromatic heterocycles. The molecule has 2 aromatic carbocycles. The van der Waals surface area contributed by atoms with Crippen molar-refractivity contribution in [2.24, 2.45) is 4.99 Å². The highest BCUT2D eigenvalue weighted by Gasteiger charge is 2.08. The van der Waals surface area contributed by atoms with Crippen molar-refractivity contribution in [2.45, 2.75) is 20.3 Å². The molecule has 0 unspecified atom stereocenters. The molecular formula is C19H17FN4. The van der Waals surface area contributed by atoms with Gasteiger partial charge in [0, 0.05) is 6.42 Å². The van der Waals surface area contributed by atoms with Crippen molar-refractivity contribution in [1.29, 1.82) is 10.5 Å². The smallest absolute Gasteiger partial charge is 0.186 e. The summed E-state index contributed by atoms with van der Waals surface area (Å²) >= 11 is 0. The van der Waals surface area contributed by atoms with Crippen LogP contribution in [-0.4, -0.2) is 17.8 Å².